The van der Waals surface area contributed by atoms with Gasteiger partial charge in [0.1, 0.15) is 5.56 Å². The normalized spacial score (nSPS) is 16.1. The maximum Gasteiger partial charge on any atom is 0.288 e. The van der Waals surface area contributed by atoms with Gasteiger partial charge in [0.25, 0.3) is 5.69 Å². The van der Waals surface area contributed by atoms with Crippen LogP contribution in [0.4, 0.5) is 5.69 Å². The summed E-state index contributed by atoms with van der Waals surface area (Å²) in [4.78, 5) is 12.3. The van der Waals surface area contributed by atoms with Crippen LogP contribution in [0.1, 0.15) is 5.56 Å². The molecular formula is C11H13N3O4. The third kappa shape index (κ3) is 2.95. The van der Waals surface area contributed by atoms with Crippen LogP contribution in [0.3, 0.4) is 0 Å². The average molecular weight is 251 g/mol. The maximum atomic E-state index is 11.1. The standard InChI is InChI=1S/C11H13N3O4/c15-13-4-2-11(14(16)17)10(9-13)1-3-12-5-7-18-8-6-12/h1-4,9H,5-8H2/b3-1-. The fourth-order valence-electron chi connectivity index (χ4n) is 1.69. The Labute approximate surface area is 104 Å². The molecule has 18 heavy (non-hydrogen) atoms. The lowest BCUT2D eigenvalue weighted by atomic mass is 10.2. The molecule has 0 saturated carbocycles. The summed E-state index contributed by atoms with van der Waals surface area (Å²) in [6.45, 7) is 2.77. The Morgan fingerprint density at radius 2 is 2.17 bits per heavy atom. The lowest BCUT2D eigenvalue weighted by Crippen LogP contribution is -2.32. The predicted octanol–water partition coefficient (Wildman–Crippen LogP) is 0.531. The van der Waals surface area contributed by atoms with Crippen LogP contribution in [0.25, 0.3) is 6.08 Å². The number of pyridine rings is 1. The number of rotatable bonds is 3. The molecule has 0 amide bonds. The molecular weight excluding hydrogens is 238 g/mol. The van der Waals surface area contributed by atoms with Gasteiger partial charge in [-0.05, 0) is 6.08 Å². The Morgan fingerprint density at radius 1 is 1.44 bits per heavy atom. The second kappa shape index (κ2) is 5.46. The lowest BCUT2D eigenvalue weighted by molar-refractivity contribution is -0.606. The molecule has 0 spiro atoms. The SMILES string of the molecule is O=[N+]([O-])c1cc[n+]([O-])cc1/C=C\N1CCOCC1. The minimum atomic E-state index is -0.501. The fourth-order valence-corrected chi connectivity index (χ4v) is 1.69. The van der Waals surface area contributed by atoms with E-state index in [2.05, 4.69) is 0 Å². The molecule has 1 aliphatic rings. The molecule has 7 nitrogen and oxygen atoms in total. The zero-order valence-corrected chi connectivity index (χ0v) is 9.69. The molecule has 96 valence electrons. The summed E-state index contributed by atoms with van der Waals surface area (Å²) in [5.41, 5.74) is 0.218. The summed E-state index contributed by atoms with van der Waals surface area (Å²) < 4.78 is 5.74. The van der Waals surface area contributed by atoms with E-state index in [1.165, 1.54) is 12.3 Å². The Hall–Kier alpha value is -2.15. The van der Waals surface area contributed by atoms with Gasteiger partial charge in [0.05, 0.1) is 24.2 Å². The largest absolute Gasteiger partial charge is 0.619 e. The van der Waals surface area contributed by atoms with Gasteiger partial charge in [0, 0.05) is 19.3 Å². The smallest absolute Gasteiger partial charge is 0.288 e. The van der Waals surface area contributed by atoms with Crippen LogP contribution in [0.15, 0.2) is 24.7 Å². The van der Waals surface area contributed by atoms with Crippen molar-refractivity contribution in [2.75, 3.05) is 26.3 Å². The molecule has 0 aromatic carbocycles. The molecule has 1 fully saturated rings. The molecule has 0 atom stereocenters. The second-order valence-electron chi connectivity index (χ2n) is 3.87. The molecule has 0 aliphatic carbocycles. The molecule has 2 heterocycles. The zero-order chi connectivity index (χ0) is 13.0. The number of nitro groups is 1. The average Bonchev–Trinajstić information content (AvgIpc) is 2.37. The monoisotopic (exact) mass is 251 g/mol. The van der Waals surface area contributed by atoms with Crippen molar-refractivity contribution >= 4 is 11.8 Å². The van der Waals surface area contributed by atoms with Crippen molar-refractivity contribution in [2.24, 2.45) is 0 Å². The van der Waals surface area contributed by atoms with Crippen molar-refractivity contribution in [3.05, 3.63) is 45.5 Å². The number of morpholine rings is 1. The van der Waals surface area contributed by atoms with Crippen molar-refractivity contribution in [3.8, 4) is 0 Å². The van der Waals surface area contributed by atoms with Crippen molar-refractivity contribution in [3.63, 3.8) is 0 Å². The van der Waals surface area contributed by atoms with E-state index in [1.54, 1.807) is 12.3 Å². The van der Waals surface area contributed by atoms with E-state index in [-0.39, 0.29) is 5.69 Å². The van der Waals surface area contributed by atoms with Crippen molar-refractivity contribution in [1.82, 2.24) is 4.90 Å². The van der Waals surface area contributed by atoms with Crippen LogP contribution < -0.4 is 4.73 Å². The highest BCUT2D eigenvalue weighted by Gasteiger charge is 2.15. The van der Waals surface area contributed by atoms with Gasteiger partial charge in [-0.25, -0.2) is 0 Å². The molecule has 1 aliphatic heterocycles. The molecule has 1 aromatic rings. The summed E-state index contributed by atoms with van der Waals surface area (Å²) in [5.74, 6) is 0. The molecule has 0 bridgehead atoms. The van der Waals surface area contributed by atoms with Crippen LogP contribution in [0.5, 0.6) is 0 Å². The molecule has 0 radical (unpaired) electrons. The summed E-state index contributed by atoms with van der Waals surface area (Å²) in [6.07, 6.45) is 5.64. The van der Waals surface area contributed by atoms with E-state index in [9.17, 15) is 15.3 Å². The highest BCUT2D eigenvalue weighted by atomic mass is 16.6. The van der Waals surface area contributed by atoms with Crippen LogP contribution in [-0.4, -0.2) is 36.1 Å². The van der Waals surface area contributed by atoms with Crippen LogP contribution >= 0.6 is 0 Å². The molecule has 0 N–H and O–H groups in total. The maximum absolute atomic E-state index is 11.1. The van der Waals surface area contributed by atoms with Gasteiger partial charge >= 0.3 is 0 Å². The topological polar surface area (TPSA) is 82.5 Å². The Morgan fingerprint density at radius 3 is 2.83 bits per heavy atom. The highest BCUT2D eigenvalue weighted by molar-refractivity contribution is 5.58. The van der Waals surface area contributed by atoms with Crippen LogP contribution in [0.2, 0.25) is 0 Å². The molecule has 7 heteroatoms. The Balaban J connectivity index is 2.18. The van der Waals surface area contributed by atoms with E-state index < -0.39 is 4.92 Å². The summed E-state index contributed by atoms with van der Waals surface area (Å²) in [5, 5.41) is 22.0. The highest BCUT2D eigenvalue weighted by Crippen LogP contribution is 2.17. The zero-order valence-electron chi connectivity index (χ0n) is 9.69. The van der Waals surface area contributed by atoms with Crippen molar-refractivity contribution in [2.45, 2.75) is 0 Å². The third-order valence-corrected chi connectivity index (χ3v) is 2.65. The van der Waals surface area contributed by atoms with E-state index in [1.807, 2.05) is 4.90 Å². The fraction of sp³-hybridized carbons (Fsp3) is 0.364. The molecule has 1 aromatic heterocycles. The molecule has 2 rings (SSSR count). The first-order chi connectivity index (χ1) is 8.66. The van der Waals surface area contributed by atoms with Gasteiger partial charge in [0.15, 0.2) is 12.4 Å². The Bertz CT molecular complexity index is 469. The van der Waals surface area contributed by atoms with E-state index in [4.69, 9.17) is 4.74 Å². The summed E-state index contributed by atoms with van der Waals surface area (Å²) >= 11 is 0. The first-order valence-electron chi connectivity index (χ1n) is 5.54. The van der Waals surface area contributed by atoms with Crippen LogP contribution in [-0.2, 0) is 4.74 Å². The van der Waals surface area contributed by atoms with E-state index in [0.717, 1.165) is 19.3 Å². The second-order valence-corrected chi connectivity index (χ2v) is 3.87. The van der Waals surface area contributed by atoms with Gasteiger partial charge in [-0.1, -0.05) is 0 Å². The predicted molar refractivity (Wildman–Crippen MR) is 63.5 cm³/mol. The number of hydrogen-bond acceptors (Lipinski definition) is 5. The minimum absolute atomic E-state index is 0.0772. The minimum Gasteiger partial charge on any atom is -0.619 e. The molecule has 1 saturated heterocycles. The number of nitrogens with zero attached hydrogens (tertiary/aromatic N) is 3. The quantitative estimate of drug-likeness (QED) is 0.339. The summed E-state index contributed by atoms with van der Waals surface area (Å²) in [7, 11) is 0. The van der Waals surface area contributed by atoms with Gasteiger partial charge in [-0.2, -0.15) is 4.73 Å². The van der Waals surface area contributed by atoms with Crippen LogP contribution in [0, 0.1) is 15.3 Å². The number of hydrogen-bond donors (Lipinski definition) is 0. The number of aromatic nitrogens is 1. The van der Waals surface area contributed by atoms with Gasteiger partial charge in [-0.15, -0.1) is 0 Å². The van der Waals surface area contributed by atoms with Gasteiger partial charge < -0.3 is 14.8 Å². The van der Waals surface area contributed by atoms with Gasteiger partial charge in [-0.3, -0.25) is 10.1 Å². The summed E-state index contributed by atoms with van der Waals surface area (Å²) in [6, 6.07) is 1.20. The molecule has 0 unspecified atom stereocenters. The first-order valence-corrected chi connectivity index (χ1v) is 5.54. The van der Waals surface area contributed by atoms with E-state index >= 15 is 0 Å². The first kappa shape index (κ1) is 12.3. The number of ether oxygens (including phenoxy) is 1. The lowest BCUT2D eigenvalue weighted by Gasteiger charge is -2.24. The van der Waals surface area contributed by atoms with E-state index in [0.29, 0.717) is 23.5 Å². The van der Waals surface area contributed by atoms with Crippen molar-refractivity contribution in [1.29, 1.82) is 0 Å². The Kier molecular flexibility index (Phi) is 3.73. The third-order valence-electron chi connectivity index (χ3n) is 2.65. The van der Waals surface area contributed by atoms with Gasteiger partial charge in [0.2, 0.25) is 0 Å². The van der Waals surface area contributed by atoms with Crippen molar-refractivity contribution < 1.29 is 14.4 Å².